The van der Waals surface area contributed by atoms with Crippen molar-refractivity contribution in [3.63, 3.8) is 0 Å². The van der Waals surface area contributed by atoms with E-state index >= 15 is 0 Å². The largest absolute Gasteiger partial charge is 0.370 e. The monoisotopic (exact) mass is 414 g/mol. The molecule has 0 atom stereocenters. The van der Waals surface area contributed by atoms with E-state index in [-0.39, 0.29) is 24.0 Å². The van der Waals surface area contributed by atoms with E-state index in [2.05, 4.69) is 42.5 Å². The van der Waals surface area contributed by atoms with Crippen molar-refractivity contribution < 1.29 is 0 Å². The van der Waals surface area contributed by atoms with Crippen LogP contribution in [0.1, 0.15) is 34.1 Å². The van der Waals surface area contributed by atoms with Gasteiger partial charge in [0.05, 0.1) is 0 Å². The van der Waals surface area contributed by atoms with E-state index in [0.717, 1.165) is 38.6 Å². The van der Waals surface area contributed by atoms with Gasteiger partial charge in [-0.25, -0.2) is 0 Å². The Morgan fingerprint density at radius 1 is 1.20 bits per heavy atom. The first-order chi connectivity index (χ1) is 9.02. The van der Waals surface area contributed by atoms with Crippen molar-refractivity contribution >= 4 is 41.7 Å². The van der Waals surface area contributed by atoms with E-state index in [1.165, 1.54) is 11.5 Å². The van der Waals surface area contributed by atoms with Gasteiger partial charge in [-0.3, -0.25) is 9.89 Å². The van der Waals surface area contributed by atoms with Crippen LogP contribution < -0.4 is 5.73 Å². The van der Waals surface area contributed by atoms with Gasteiger partial charge in [-0.1, -0.05) is 0 Å². The zero-order valence-electron chi connectivity index (χ0n) is 13.3. The Balaban J connectivity index is 0.00000361. The molecule has 0 aromatic carbocycles. The van der Waals surface area contributed by atoms with Crippen LogP contribution in [0.2, 0.25) is 0 Å². The van der Waals surface area contributed by atoms with Crippen molar-refractivity contribution in [2.75, 3.05) is 37.7 Å². The molecule has 0 spiro atoms. The van der Waals surface area contributed by atoms with Gasteiger partial charge < -0.3 is 10.6 Å². The molecule has 1 rings (SSSR count). The van der Waals surface area contributed by atoms with Gasteiger partial charge in [0.25, 0.3) is 0 Å². The van der Waals surface area contributed by atoms with Crippen molar-refractivity contribution in [3.8, 4) is 0 Å². The van der Waals surface area contributed by atoms with Gasteiger partial charge in [0.1, 0.15) is 0 Å². The predicted molar refractivity (Wildman–Crippen MR) is 102 cm³/mol. The smallest absolute Gasteiger partial charge is 0.191 e. The van der Waals surface area contributed by atoms with Crippen molar-refractivity contribution in [3.05, 3.63) is 0 Å². The summed E-state index contributed by atoms with van der Waals surface area (Å²) in [6.45, 7) is 13.0. The maximum Gasteiger partial charge on any atom is 0.191 e. The molecule has 1 heterocycles. The minimum atomic E-state index is 0. The molecule has 0 aromatic heterocycles. The summed E-state index contributed by atoms with van der Waals surface area (Å²) in [6, 6.07) is 1.20. The zero-order valence-corrected chi connectivity index (χ0v) is 16.5. The third-order valence-corrected chi connectivity index (χ3v) is 4.45. The normalized spacial score (nSPS) is 16.9. The van der Waals surface area contributed by atoms with Crippen molar-refractivity contribution in [1.29, 1.82) is 0 Å². The Kier molecular flexibility index (Phi) is 11.1. The lowest BCUT2D eigenvalue weighted by atomic mass is 10.2. The Labute approximate surface area is 145 Å². The molecule has 120 valence electrons. The van der Waals surface area contributed by atoms with Gasteiger partial charge in [0, 0.05) is 49.8 Å². The van der Waals surface area contributed by atoms with Gasteiger partial charge in [-0.2, -0.15) is 11.8 Å². The van der Waals surface area contributed by atoms with E-state index in [1.807, 2.05) is 11.8 Å². The highest BCUT2D eigenvalue weighted by Crippen LogP contribution is 2.09. The Morgan fingerprint density at radius 2 is 1.75 bits per heavy atom. The first kappa shape index (κ1) is 20.3. The van der Waals surface area contributed by atoms with E-state index in [0.29, 0.717) is 12.1 Å². The molecule has 1 aliphatic heterocycles. The number of rotatable bonds is 6. The van der Waals surface area contributed by atoms with Crippen LogP contribution in [0.25, 0.3) is 0 Å². The molecule has 0 amide bonds. The molecule has 2 N–H and O–H groups in total. The first-order valence-corrected chi connectivity index (χ1v) is 8.56. The quantitative estimate of drug-likeness (QED) is 0.314. The van der Waals surface area contributed by atoms with Crippen LogP contribution in [0.3, 0.4) is 0 Å². The second-order valence-corrected chi connectivity index (χ2v) is 6.84. The van der Waals surface area contributed by atoms with Crippen LogP contribution in [-0.2, 0) is 0 Å². The number of hydrogen-bond donors (Lipinski definition) is 1. The van der Waals surface area contributed by atoms with Gasteiger partial charge in [0.15, 0.2) is 5.96 Å². The lowest BCUT2D eigenvalue weighted by Gasteiger charge is -2.30. The number of thioether (sulfide) groups is 1. The third-order valence-electron chi connectivity index (χ3n) is 3.51. The molecular weight excluding hydrogens is 383 g/mol. The fourth-order valence-electron chi connectivity index (χ4n) is 2.45. The topological polar surface area (TPSA) is 44.9 Å². The second kappa shape index (κ2) is 11.0. The average Bonchev–Trinajstić information content (AvgIpc) is 2.38. The summed E-state index contributed by atoms with van der Waals surface area (Å²) in [4.78, 5) is 9.23. The molecule has 6 heteroatoms. The van der Waals surface area contributed by atoms with E-state index in [4.69, 9.17) is 5.73 Å². The van der Waals surface area contributed by atoms with Gasteiger partial charge in [0.2, 0.25) is 0 Å². The van der Waals surface area contributed by atoms with Crippen LogP contribution >= 0.6 is 35.7 Å². The van der Waals surface area contributed by atoms with E-state index < -0.39 is 0 Å². The summed E-state index contributed by atoms with van der Waals surface area (Å²) >= 11 is 2.00. The Bertz CT molecular complexity index is 270. The van der Waals surface area contributed by atoms with Crippen molar-refractivity contribution in [2.45, 2.75) is 46.2 Å². The lowest BCUT2D eigenvalue weighted by Crippen LogP contribution is -2.43. The number of nitrogens with zero attached hydrogens (tertiary/aromatic N) is 3. The molecule has 0 saturated carbocycles. The summed E-state index contributed by atoms with van der Waals surface area (Å²) in [5.74, 6) is 3.08. The van der Waals surface area contributed by atoms with Crippen LogP contribution in [0.5, 0.6) is 0 Å². The summed E-state index contributed by atoms with van der Waals surface area (Å²) in [7, 11) is 0. The van der Waals surface area contributed by atoms with E-state index in [1.54, 1.807) is 0 Å². The minimum absolute atomic E-state index is 0. The van der Waals surface area contributed by atoms with Crippen LogP contribution in [0.4, 0.5) is 0 Å². The molecule has 0 aliphatic carbocycles. The fourth-order valence-corrected chi connectivity index (χ4v) is 3.36. The molecular formula is C14H31IN4S. The minimum Gasteiger partial charge on any atom is -0.370 e. The van der Waals surface area contributed by atoms with Crippen LogP contribution in [0, 0.1) is 0 Å². The highest BCUT2D eigenvalue weighted by atomic mass is 127. The molecule has 0 aromatic rings. The number of hydrogen-bond acceptors (Lipinski definition) is 3. The maximum atomic E-state index is 6.04. The summed E-state index contributed by atoms with van der Waals surface area (Å²) in [5, 5.41) is 0. The molecule has 0 bridgehead atoms. The van der Waals surface area contributed by atoms with Crippen molar-refractivity contribution in [1.82, 2.24) is 9.80 Å². The maximum absolute atomic E-state index is 6.04. The fraction of sp³-hybridized carbons (Fsp3) is 0.929. The summed E-state index contributed by atoms with van der Waals surface area (Å²) < 4.78 is 0. The van der Waals surface area contributed by atoms with Crippen LogP contribution in [0.15, 0.2) is 4.99 Å². The third kappa shape index (κ3) is 7.36. The number of guanidine groups is 1. The Hall–Kier alpha value is 0.310. The van der Waals surface area contributed by atoms with Crippen LogP contribution in [-0.4, -0.2) is 65.5 Å². The standard InChI is InChI=1S/C14H30N4S.HI/c1-12(2)18(13(3)4)7-5-6-16-14(15)17-8-10-19-11-9-17;/h12-13H,5-11H2,1-4H3,(H2,15,16);1H. The molecule has 20 heavy (non-hydrogen) atoms. The molecule has 1 aliphatic rings. The second-order valence-electron chi connectivity index (χ2n) is 5.62. The molecule has 0 radical (unpaired) electrons. The predicted octanol–water partition coefficient (Wildman–Crippen LogP) is 2.48. The summed E-state index contributed by atoms with van der Waals surface area (Å²) in [6.07, 6.45) is 1.08. The van der Waals surface area contributed by atoms with Gasteiger partial charge in [-0.05, 0) is 34.1 Å². The molecule has 1 saturated heterocycles. The van der Waals surface area contributed by atoms with Crippen molar-refractivity contribution in [2.24, 2.45) is 10.7 Å². The highest BCUT2D eigenvalue weighted by molar-refractivity contribution is 14.0. The molecule has 0 unspecified atom stereocenters. The van der Waals surface area contributed by atoms with Gasteiger partial charge >= 0.3 is 0 Å². The highest BCUT2D eigenvalue weighted by Gasteiger charge is 2.13. The molecule has 4 nitrogen and oxygen atoms in total. The number of halogens is 1. The first-order valence-electron chi connectivity index (χ1n) is 7.40. The summed E-state index contributed by atoms with van der Waals surface area (Å²) in [5.41, 5.74) is 6.04. The average molecular weight is 414 g/mol. The number of aliphatic imine (C=N–C) groups is 1. The Morgan fingerprint density at radius 3 is 2.25 bits per heavy atom. The lowest BCUT2D eigenvalue weighted by molar-refractivity contribution is 0.174. The molecule has 1 fully saturated rings. The SMILES string of the molecule is CC(C)N(CCCN=C(N)N1CCSCC1)C(C)C.I. The number of nitrogens with two attached hydrogens (primary N) is 1. The van der Waals surface area contributed by atoms with Gasteiger partial charge in [-0.15, -0.1) is 24.0 Å². The zero-order chi connectivity index (χ0) is 14.3. The van der Waals surface area contributed by atoms with E-state index in [9.17, 15) is 0 Å².